The van der Waals surface area contributed by atoms with Crippen LogP contribution in [0.15, 0.2) is 45.6 Å². The van der Waals surface area contributed by atoms with E-state index < -0.39 is 0 Å². The number of benzene rings is 1. The van der Waals surface area contributed by atoms with Gasteiger partial charge in [0.1, 0.15) is 11.3 Å². The van der Waals surface area contributed by atoms with Crippen molar-refractivity contribution in [1.82, 2.24) is 9.97 Å². The summed E-state index contributed by atoms with van der Waals surface area (Å²) in [6.45, 7) is 0. The van der Waals surface area contributed by atoms with E-state index in [1.165, 1.54) is 0 Å². The van der Waals surface area contributed by atoms with Gasteiger partial charge < -0.3 is 4.74 Å². The van der Waals surface area contributed by atoms with E-state index in [0.717, 1.165) is 9.99 Å². The van der Waals surface area contributed by atoms with Gasteiger partial charge in [0.05, 0.1) is 15.6 Å². The van der Waals surface area contributed by atoms with E-state index in [1.807, 2.05) is 6.07 Å². The molecule has 2 heterocycles. The summed E-state index contributed by atoms with van der Waals surface area (Å²) in [7, 11) is 0. The zero-order valence-corrected chi connectivity index (χ0v) is 15.0. The lowest BCUT2D eigenvalue weighted by Crippen LogP contribution is -1.91. The van der Waals surface area contributed by atoms with Crippen LogP contribution in [-0.4, -0.2) is 9.97 Å². The monoisotopic (exact) mass is 446 g/mol. The Morgan fingerprint density at radius 2 is 1.76 bits per heavy atom. The third kappa shape index (κ3) is 3.16. The Hall–Kier alpha value is -0.880. The second-order valence-electron chi connectivity index (χ2n) is 4.13. The van der Waals surface area contributed by atoms with Crippen molar-refractivity contribution in [3.8, 4) is 11.5 Å². The third-order valence-corrected chi connectivity index (χ3v) is 4.63. The second kappa shape index (κ2) is 6.08. The maximum absolute atomic E-state index is 6.17. The van der Waals surface area contributed by atoms with Crippen LogP contribution in [0, 0.1) is 0 Å². The summed E-state index contributed by atoms with van der Waals surface area (Å²) in [4.78, 5) is 8.59. The van der Waals surface area contributed by atoms with E-state index in [0.29, 0.717) is 31.5 Å². The Kier molecular flexibility index (Phi) is 4.36. The fraction of sp³-hybridized carbons (Fsp3) is 0. The molecule has 2 aromatic heterocycles. The van der Waals surface area contributed by atoms with Crippen molar-refractivity contribution in [3.63, 3.8) is 0 Å². The molecule has 0 aliphatic heterocycles. The first-order chi connectivity index (χ1) is 10.0. The van der Waals surface area contributed by atoms with Gasteiger partial charge in [-0.15, -0.1) is 0 Å². The fourth-order valence-electron chi connectivity index (χ4n) is 1.76. The Balaban J connectivity index is 2.08. The first-order valence-electron chi connectivity index (χ1n) is 5.77. The maximum Gasteiger partial charge on any atom is 0.156 e. The number of aromatic nitrogens is 2. The van der Waals surface area contributed by atoms with Crippen LogP contribution >= 0.6 is 55.1 Å². The Morgan fingerprint density at radius 3 is 2.57 bits per heavy atom. The van der Waals surface area contributed by atoms with Crippen molar-refractivity contribution in [2.75, 3.05) is 0 Å². The fourth-order valence-corrected chi connectivity index (χ4v) is 2.91. The van der Waals surface area contributed by atoms with Crippen molar-refractivity contribution >= 4 is 66.1 Å². The van der Waals surface area contributed by atoms with Gasteiger partial charge >= 0.3 is 0 Å². The van der Waals surface area contributed by atoms with Crippen molar-refractivity contribution in [2.45, 2.75) is 0 Å². The van der Waals surface area contributed by atoms with Crippen LogP contribution in [0.3, 0.4) is 0 Å². The lowest BCUT2D eigenvalue weighted by atomic mass is 10.3. The highest BCUT2D eigenvalue weighted by Crippen LogP contribution is 2.37. The number of hydrogen-bond donors (Lipinski definition) is 0. The molecule has 0 aliphatic rings. The minimum absolute atomic E-state index is 0.452. The number of hydrogen-bond acceptors (Lipinski definition) is 3. The molecular weight excluding hydrogens is 443 g/mol. The molecule has 0 bridgehead atoms. The molecule has 106 valence electrons. The van der Waals surface area contributed by atoms with Crippen LogP contribution in [0.25, 0.3) is 11.0 Å². The minimum Gasteiger partial charge on any atom is -0.453 e. The Labute approximate surface area is 147 Å². The summed E-state index contributed by atoms with van der Waals surface area (Å²) in [6.07, 6.45) is 3.34. The zero-order chi connectivity index (χ0) is 15.0. The van der Waals surface area contributed by atoms with Gasteiger partial charge in [-0.05, 0) is 44.0 Å². The van der Waals surface area contributed by atoms with Gasteiger partial charge in [-0.2, -0.15) is 0 Å². The van der Waals surface area contributed by atoms with Crippen LogP contribution < -0.4 is 4.74 Å². The maximum atomic E-state index is 6.17. The highest BCUT2D eigenvalue weighted by atomic mass is 79.9. The van der Waals surface area contributed by atoms with E-state index in [4.69, 9.17) is 27.9 Å². The molecule has 0 N–H and O–H groups in total. The lowest BCUT2D eigenvalue weighted by Gasteiger charge is -2.10. The topological polar surface area (TPSA) is 35.0 Å². The molecule has 0 aliphatic carbocycles. The van der Waals surface area contributed by atoms with E-state index >= 15 is 0 Å². The largest absolute Gasteiger partial charge is 0.453 e. The van der Waals surface area contributed by atoms with Crippen LogP contribution in [-0.2, 0) is 0 Å². The minimum atomic E-state index is 0.452. The van der Waals surface area contributed by atoms with E-state index in [1.54, 1.807) is 30.6 Å². The van der Waals surface area contributed by atoms with Gasteiger partial charge in [0.15, 0.2) is 5.75 Å². The first kappa shape index (κ1) is 15.0. The second-order valence-corrected chi connectivity index (χ2v) is 6.71. The molecule has 0 atom stereocenters. The van der Waals surface area contributed by atoms with E-state index in [-0.39, 0.29) is 0 Å². The van der Waals surface area contributed by atoms with Gasteiger partial charge in [0.25, 0.3) is 0 Å². The van der Waals surface area contributed by atoms with Gasteiger partial charge in [-0.3, -0.25) is 4.98 Å². The quantitative estimate of drug-likeness (QED) is 0.434. The SMILES string of the molecule is Clc1cc(Oc2ccnc3cc(Br)cnc23)c(Cl)cc1Br. The number of halogens is 4. The molecule has 3 nitrogen and oxygen atoms in total. The Morgan fingerprint density at radius 1 is 0.952 bits per heavy atom. The molecule has 0 unspecified atom stereocenters. The van der Waals surface area contributed by atoms with Gasteiger partial charge in [0, 0.05) is 33.5 Å². The molecule has 0 saturated heterocycles. The van der Waals surface area contributed by atoms with E-state index in [2.05, 4.69) is 41.8 Å². The average Bonchev–Trinajstić information content (AvgIpc) is 2.44. The van der Waals surface area contributed by atoms with Gasteiger partial charge in [0.2, 0.25) is 0 Å². The highest BCUT2D eigenvalue weighted by molar-refractivity contribution is 9.10. The smallest absolute Gasteiger partial charge is 0.156 e. The molecule has 0 fully saturated rings. The van der Waals surface area contributed by atoms with Crippen molar-refractivity contribution < 1.29 is 4.74 Å². The molecule has 7 heteroatoms. The third-order valence-electron chi connectivity index (χ3n) is 2.70. The number of nitrogens with zero attached hydrogens (tertiary/aromatic N) is 2. The molecular formula is C14H6Br2Cl2N2O. The summed E-state index contributed by atoms with van der Waals surface area (Å²) in [5, 5.41) is 0.969. The van der Waals surface area contributed by atoms with Crippen molar-refractivity contribution in [1.29, 1.82) is 0 Å². The zero-order valence-electron chi connectivity index (χ0n) is 10.3. The normalized spacial score (nSPS) is 10.9. The van der Waals surface area contributed by atoms with Crippen molar-refractivity contribution in [2.24, 2.45) is 0 Å². The lowest BCUT2D eigenvalue weighted by molar-refractivity contribution is 0.487. The molecule has 21 heavy (non-hydrogen) atoms. The van der Waals surface area contributed by atoms with Crippen LogP contribution in [0.5, 0.6) is 11.5 Å². The average molecular weight is 449 g/mol. The summed E-state index contributed by atoms with van der Waals surface area (Å²) in [6, 6.07) is 6.94. The highest BCUT2D eigenvalue weighted by Gasteiger charge is 2.11. The first-order valence-corrected chi connectivity index (χ1v) is 8.11. The molecule has 0 radical (unpaired) electrons. The number of rotatable bonds is 2. The Bertz CT molecular complexity index is 843. The molecule has 3 aromatic rings. The molecule has 0 saturated carbocycles. The molecule has 0 spiro atoms. The number of ether oxygens (including phenoxy) is 1. The summed E-state index contributed by atoms with van der Waals surface area (Å²) in [5.74, 6) is 1.02. The predicted octanol–water partition coefficient (Wildman–Crippen LogP) is 6.25. The number of pyridine rings is 2. The van der Waals surface area contributed by atoms with Crippen LogP contribution in [0.4, 0.5) is 0 Å². The van der Waals surface area contributed by atoms with Crippen LogP contribution in [0.2, 0.25) is 10.0 Å². The van der Waals surface area contributed by atoms with Gasteiger partial charge in [-0.25, -0.2) is 4.98 Å². The predicted molar refractivity (Wildman–Crippen MR) is 91.5 cm³/mol. The summed E-state index contributed by atoms with van der Waals surface area (Å²) < 4.78 is 7.41. The van der Waals surface area contributed by atoms with Gasteiger partial charge in [-0.1, -0.05) is 23.2 Å². The standard InChI is InChI=1S/C14H6Br2Cl2N2O/c15-7-3-11-14(20-6-7)12(1-2-19-11)21-13-5-9(17)8(16)4-10(13)18/h1-6H. The van der Waals surface area contributed by atoms with E-state index in [9.17, 15) is 0 Å². The number of fused-ring (bicyclic) bond motifs is 1. The summed E-state index contributed by atoms with van der Waals surface area (Å²) >= 11 is 18.9. The summed E-state index contributed by atoms with van der Waals surface area (Å²) in [5.41, 5.74) is 1.37. The molecule has 1 aromatic carbocycles. The van der Waals surface area contributed by atoms with Crippen molar-refractivity contribution in [3.05, 3.63) is 55.6 Å². The molecule has 3 rings (SSSR count). The van der Waals surface area contributed by atoms with Crippen LogP contribution in [0.1, 0.15) is 0 Å². The molecule has 0 amide bonds.